The minimum Gasteiger partial charge on any atom is -0.348 e. The molecule has 1 unspecified atom stereocenters. The molecule has 2 aromatic rings. The van der Waals surface area contributed by atoms with E-state index < -0.39 is 11.7 Å². The number of aryl methyl sites for hydroxylation is 1. The molecule has 1 aromatic heterocycles. The number of carbonyl (C=O) groups is 2. The zero-order valence-corrected chi connectivity index (χ0v) is 17.7. The third-order valence-corrected chi connectivity index (χ3v) is 5.25. The number of likely N-dealkylation sites (tertiary alicyclic amines) is 1. The van der Waals surface area contributed by atoms with Crippen molar-refractivity contribution in [3.05, 3.63) is 64.5 Å². The van der Waals surface area contributed by atoms with Crippen molar-refractivity contribution < 1.29 is 22.8 Å². The van der Waals surface area contributed by atoms with Crippen LogP contribution >= 0.6 is 0 Å². The standard InChI is InChI=1S/C22H25F3N4O2/c1-14-18(8-9-19(26-14)21(31)28(2)3)20(30)27-17-10-11-29(13-17)12-15-4-6-16(7-5-15)22(23,24)25/h4-9,17H,10-13H2,1-3H3,(H,27,30). The lowest BCUT2D eigenvalue weighted by Gasteiger charge is -2.18. The number of nitrogens with zero attached hydrogens (tertiary/aromatic N) is 3. The minimum absolute atomic E-state index is 0.0653. The SMILES string of the molecule is Cc1nc(C(=O)N(C)C)ccc1C(=O)NC1CCN(Cc2ccc(C(F)(F)F)cc2)C1. The van der Waals surface area contributed by atoms with Gasteiger partial charge in [0, 0.05) is 39.8 Å². The number of amides is 2. The van der Waals surface area contributed by atoms with Crippen LogP contribution in [0.2, 0.25) is 0 Å². The summed E-state index contributed by atoms with van der Waals surface area (Å²) in [5, 5.41) is 2.99. The number of pyridine rings is 1. The first-order chi connectivity index (χ1) is 14.5. The Balaban J connectivity index is 1.56. The van der Waals surface area contributed by atoms with E-state index in [0.717, 1.165) is 30.7 Å². The van der Waals surface area contributed by atoms with Gasteiger partial charge in [0.15, 0.2) is 0 Å². The molecule has 0 spiro atoms. The van der Waals surface area contributed by atoms with Gasteiger partial charge in [-0.2, -0.15) is 13.2 Å². The van der Waals surface area contributed by atoms with Crippen LogP contribution in [-0.2, 0) is 12.7 Å². The Kier molecular flexibility index (Phi) is 6.64. The average molecular weight is 434 g/mol. The summed E-state index contributed by atoms with van der Waals surface area (Å²) in [5.41, 5.74) is 1.30. The molecule has 0 bridgehead atoms. The van der Waals surface area contributed by atoms with Crippen LogP contribution in [0.5, 0.6) is 0 Å². The summed E-state index contributed by atoms with van der Waals surface area (Å²) in [6.45, 7) is 3.55. The van der Waals surface area contributed by atoms with E-state index >= 15 is 0 Å². The van der Waals surface area contributed by atoms with E-state index in [-0.39, 0.29) is 23.6 Å². The quantitative estimate of drug-likeness (QED) is 0.786. The highest BCUT2D eigenvalue weighted by molar-refractivity contribution is 5.97. The summed E-state index contributed by atoms with van der Waals surface area (Å²) in [6.07, 6.45) is -3.59. The molecule has 3 rings (SSSR count). The summed E-state index contributed by atoms with van der Waals surface area (Å²) in [7, 11) is 3.27. The Morgan fingerprint density at radius 2 is 1.84 bits per heavy atom. The maximum Gasteiger partial charge on any atom is 0.416 e. The molecule has 0 aliphatic carbocycles. The molecule has 6 nitrogen and oxygen atoms in total. The highest BCUT2D eigenvalue weighted by atomic mass is 19.4. The van der Waals surface area contributed by atoms with Crippen molar-refractivity contribution in [3.63, 3.8) is 0 Å². The lowest BCUT2D eigenvalue weighted by atomic mass is 10.1. The Hall–Kier alpha value is -2.94. The summed E-state index contributed by atoms with van der Waals surface area (Å²) >= 11 is 0. The lowest BCUT2D eigenvalue weighted by molar-refractivity contribution is -0.137. The van der Waals surface area contributed by atoms with E-state index in [0.29, 0.717) is 24.3 Å². The second-order valence-corrected chi connectivity index (χ2v) is 7.92. The van der Waals surface area contributed by atoms with Crippen molar-refractivity contribution in [2.75, 3.05) is 27.2 Å². The van der Waals surface area contributed by atoms with Gasteiger partial charge in [0.2, 0.25) is 0 Å². The number of halogens is 3. The number of hydrogen-bond donors (Lipinski definition) is 1. The van der Waals surface area contributed by atoms with Crippen LogP contribution in [0.15, 0.2) is 36.4 Å². The monoisotopic (exact) mass is 434 g/mol. The van der Waals surface area contributed by atoms with Gasteiger partial charge in [0.05, 0.1) is 16.8 Å². The van der Waals surface area contributed by atoms with Crippen LogP contribution < -0.4 is 5.32 Å². The number of benzene rings is 1. The fourth-order valence-corrected chi connectivity index (χ4v) is 3.56. The first-order valence-electron chi connectivity index (χ1n) is 9.93. The molecule has 1 atom stereocenters. The Bertz CT molecular complexity index is 958. The summed E-state index contributed by atoms with van der Waals surface area (Å²) in [6, 6.07) is 8.22. The first kappa shape index (κ1) is 22.7. The fraction of sp³-hybridized carbons (Fsp3) is 0.409. The second-order valence-electron chi connectivity index (χ2n) is 7.92. The maximum absolute atomic E-state index is 12.7. The number of carbonyl (C=O) groups excluding carboxylic acids is 2. The fourth-order valence-electron chi connectivity index (χ4n) is 3.56. The molecule has 1 aliphatic heterocycles. The van der Waals surface area contributed by atoms with Crippen molar-refractivity contribution in [1.29, 1.82) is 0 Å². The molecular formula is C22H25F3N4O2. The van der Waals surface area contributed by atoms with E-state index in [4.69, 9.17) is 0 Å². The van der Waals surface area contributed by atoms with Crippen LogP contribution in [0.3, 0.4) is 0 Å². The predicted octanol–water partition coefficient (Wildman–Crippen LogP) is 3.11. The van der Waals surface area contributed by atoms with Crippen molar-refractivity contribution >= 4 is 11.8 Å². The summed E-state index contributed by atoms with van der Waals surface area (Å²) in [5.74, 6) is -0.486. The topological polar surface area (TPSA) is 65.5 Å². The largest absolute Gasteiger partial charge is 0.416 e. The number of aromatic nitrogens is 1. The summed E-state index contributed by atoms with van der Waals surface area (Å²) in [4.78, 5) is 32.4. The van der Waals surface area contributed by atoms with Crippen molar-refractivity contribution in [1.82, 2.24) is 20.1 Å². The smallest absolute Gasteiger partial charge is 0.348 e. The van der Waals surface area contributed by atoms with E-state index in [2.05, 4.69) is 15.2 Å². The van der Waals surface area contributed by atoms with E-state index in [9.17, 15) is 22.8 Å². The third kappa shape index (κ3) is 5.61. The highest BCUT2D eigenvalue weighted by Crippen LogP contribution is 2.29. The van der Waals surface area contributed by atoms with Crippen molar-refractivity contribution in [2.24, 2.45) is 0 Å². The van der Waals surface area contributed by atoms with E-state index in [1.54, 1.807) is 27.1 Å². The number of hydrogen-bond acceptors (Lipinski definition) is 4. The van der Waals surface area contributed by atoms with Gasteiger partial charge in [-0.05, 0) is 43.2 Å². The predicted molar refractivity (Wildman–Crippen MR) is 110 cm³/mol. The van der Waals surface area contributed by atoms with Crippen LogP contribution in [0, 0.1) is 6.92 Å². The van der Waals surface area contributed by atoms with Gasteiger partial charge in [0.1, 0.15) is 5.69 Å². The molecule has 0 radical (unpaired) electrons. The zero-order valence-electron chi connectivity index (χ0n) is 17.7. The lowest BCUT2D eigenvalue weighted by Crippen LogP contribution is -2.37. The van der Waals surface area contributed by atoms with Crippen molar-refractivity contribution in [2.45, 2.75) is 32.1 Å². The molecule has 166 valence electrons. The Morgan fingerprint density at radius 3 is 2.42 bits per heavy atom. The summed E-state index contributed by atoms with van der Waals surface area (Å²) < 4.78 is 38.1. The van der Waals surface area contributed by atoms with Gasteiger partial charge >= 0.3 is 6.18 Å². The Labute approximate surface area is 179 Å². The molecule has 31 heavy (non-hydrogen) atoms. The first-order valence-corrected chi connectivity index (χ1v) is 9.93. The van der Waals surface area contributed by atoms with Gasteiger partial charge in [0.25, 0.3) is 11.8 Å². The van der Waals surface area contributed by atoms with E-state index in [1.165, 1.54) is 23.1 Å². The highest BCUT2D eigenvalue weighted by Gasteiger charge is 2.30. The molecule has 0 saturated carbocycles. The van der Waals surface area contributed by atoms with Gasteiger partial charge < -0.3 is 10.2 Å². The number of nitrogens with one attached hydrogen (secondary N) is 1. The third-order valence-electron chi connectivity index (χ3n) is 5.25. The molecule has 2 heterocycles. The van der Waals surface area contributed by atoms with Crippen LogP contribution in [0.1, 0.15) is 44.1 Å². The molecule has 9 heteroatoms. The minimum atomic E-state index is -4.34. The number of alkyl halides is 3. The second kappa shape index (κ2) is 9.05. The molecule has 1 aromatic carbocycles. The molecule has 2 amide bonds. The zero-order chi connectivity index (χ0) is 22.8. The normalized spacial score (nSPS) is 16.9. The average Bonchev–Trinajstić information content (AvgIpc) is 3.13. The number of rotatable bonds is 5. The maximum atomic E-state index is 12.7. The van der Waals surface area contributed by atoms with Gasteiger partial charge in [-0.15, -0.1) is 0 Å². The molecule has 1 N–H and O–H groups in total. The van der Waals surface area contributed by atoms with Crippen LogP contribution in [0.25, 0.3) is 0 Å². The molecule has 1 fully saturated rings. The molecule has 1 aliphatic rings. The van der Waals surface area contributed by atoms with Gasteiger partial charge in [-0.3, -0.25) is 14.5 Å². The van der Waals surface area contributed by atoms with Crippen molar-refractivity contribution in [3.8, 4) is 0 Å². The van der Waals surface area contributed by atoms with Gasteiger partial charge in [-0.1, -0.05) is 12.1 Å². The van der Waals surface area contributed by atoms with Gasteiger partial charge in [-0.25, -0.2) is 4.98 Å². The molecule has 1 saturated heterocycles. The Morgan fingerprint density at radius 1 is 1.16 bits per heavy atom. The van der Waals surface area contributed by atoms with E-state index in [1.807, 2.05) is 0 Å². The van der Waals surface area contributed by atoms with Crippen LogP contribution in [-0.4, -0.2) is 59.8 Å². The van der Waals surface area contributed by atoms with Crippen LogP contribution in [0.4, 0.5) is 13.2 Å². The molecular weight excluding hydrogens is 409 g/mol.